The summed E-state index contributed by atoms with van der Waals surface area (Å²) in [7, 11) is -3.64. The first-order valence-corrected chi connectivity index (χ1v) is 8.84. The zero-order chi connectivity index (χ0) is 17.2. The standard InChI is InChI=1S/C16H22N2O4S/c1-10-8-12(3)15(9-11(10)2)21-7-6-17-23(19,20)16-13(4)18-22-14(16)5/h8-9,17H,6-7H2,1-5H3. The third-order valence-electron chi connectivity index (χ3n) is 3.68. The molecule has 0 radical (unpaired) electrons. The Balaban J connectivity index is 1.97. The second-order valence-electron chi connectivity index (χ2n) is 5.60. The Hall–Kier alpha value is -1.86. The van der Waals surface area contributed by atoms with Crippen LogP contribution in [-0.2, 0) is 10.0 Å². The molecule has 0 fully saturated rings. The summed E-state index contributed by atoms with van der Waals surface area (Å²) in [5, 5.41) is 3.66. The number of aromatic nitrogens is 1. The van der Waals surface area contributed by atoms with Crippen LogP contribution in [0, 0.1) is 34.6 Å². The highest BCUT2D eigenvalue weighted by molar-refractivity contribution is 7.89. The van der Waals surface area contributed by atoms with E-state index in [2.05, 4.69) is 15.9 Å². The largest absolute Gasteiger partial charge is 0.492 e. The van der Waals surface area contributed by atoms with E-state index in [-0.39, 0.29) is 23.8 Å². The fourth-order valence-corrected chi connectivity index (χ4v) is 3.70. The Morgan fingerprint density at radius 1 is 1.09 bits per heavy atom. The van der Waals surface area contributed by atoms with Crippen LogP contribution in [-0.4, -0.2) is 26.7 Å². The molecule has 0 unspecified atom stereocenters. The lowest BCUT2D eigenvalue weighted by atomic mass is 10.1. The van der Waals surface area contributed by atoms with E-state index in [1.54, 1.807) is 13.8 Å². The van der Waals surface area contributed by atoms with Gasteiger partial charge in [0.2, 0.25) is 10.0 Å². The van der Waals surface area contributed by atoms with Gasteiger partial charge in [-0.25, -0.2) is 13.1 Å². The number of nitrogens with one attached hydrogen (secondary N) is 1. The number of aryl methyl sites for hydroxylation is 5. The quantitative estimate of drug-likeness (QED) is 0.819. The zero-order valence-corrected chi connectivity index (χ0v) is 14.9. The molecule has 2 aromatic rings. The van der Waals surface area contributed by atoms with E-state index < -0.39 is 10.0 Å². The molecule has 0 aliphatic rings. The number of rotatable bonds is 6. The Morgan fingerprint density at radius 3 is 2.35 bits per heavy atom. The lowest BCUT2D eigenvalue weighted by Gasteiger charge is -2.12. The van der Waals surface area contributed by atoms with E-state index in [0.29, 0.717) is 5.69 Å². The molecule has 126 valence electrons. The summed E-state index contributed by atoms with van der Waals surface area (Å²) in [6, 6.07) is 4.02. The van der Waals surface area contributed by atoms with E-state index >= 15 is 0 Å². The number of benzene rings is 1. The van der Waals surface area contributed by atoms with Crippen LogP contribution < -0.4 is 9.46 Å². The first-order chi connectivity index (χ1) is 10.7. The first kappa shape index (κ1) is 17.5. The zero-order valence-electron chi connectivity index (χ0n) is 14.1. The minimum absolute atomic E-state index is 0.0971. The summed E-state index contributed by atoms with van der Waals surface area (Å²) in [5.74, 6) is 1.05. The van der Waals surface area contributed by atoms with E-state index in [9.17, 15) is 8.42 Å². The van der Waals surface area contributed by atoms with Crippen LogP contribution in [0.15, 0.2) is 21.6 Å². The highest BCUT2D eigenvalue weighted by Crippen LogP contribution is 2.22. The summed E-state index contributed by atoms with van der Waals surface area (Å²) in [5.41, 5.74) is 3.72. The van der Waals surface area contributed by atoms with Crippen molar-refractivity contribution in [2.45, 2.75) is 39.5 Å². The summed E-state index contributed by atoms with van der Waals surface area (Å²) in [6.07, 6.45) is 0. The van der Waals surface area contributed by atoms with E-state index in [1.807, 2.05) is 26.8 Å². The molecule has 23 heavy (non-hydrogen) atoms. The van der Waals surface area contributed by atoms with E-state index in [1.165, 1.54) is 5.56 Å². The maximum atomic E-state index is 12.2. The molecule has 0 spiro atoms. The van der Waals surface area contributed by atoms with Crippen molar-refractivity contribution in [1.82, 2.24) is 9.88 Å². The van der Waals surface area contributed by atoms with Gasteiger partial charge in [-0.05, 0) is 57.4 Å². The minimum Gasteiger partial charge on any atom is -0.492 e. The van der Waals surface area contributed by atoms with Gasteiger partial charge in [-0.1, -0.05) is 11.2 Å². The lowest BCUT2D eigenvalue weighted by molar-refractivity contribution is 0.320. The molecule has 0 atom stereocenters. The van der Waals surface area contributed by atoms with Gasteiger partial charge in [-0.3, -0.25) is 0 Å². The molecule has 7 heteroatoms. The molecular formula is C16H22N2O4S. The summed E-state index contributed by atoms with van der Waals surface area (Å²) in [6.45, 7) is 9.61. The fraction of sp³-hybridized carbons (Fsp3) is 0.438. The molecule has 0 amide bonds. The van der Waals surface area contributed by atoms with Crippen molar-refractivity contribution in [3.8, 4) is 5.75 Å². The average Bonchev–Trinajstić information content (AvgIpc) is 2.80. The molecule has 2 rings (SSSR count). The van der Waals surface area contributed by atoms with Crippen LogP contribution in [0.5, 0.6) is 5.75 Å². The summed E-state index contributed by atoms with van der Waals surface area (Å²) in [4.78, 5) is 0.0971. The van der Waals surface area contributed by atoms with Gasteiger partial charge in [-0.2, -0.15) is 0 Å². The normalized spacial score (nSPS) is 11.7. The van der Waals surface area contributed by atoms with Gasteiger partial charge in [0, 0.05) is 6.54 Å². The van der Waals surface area contributed by atoms with E-state index in [4.69, 9.17) is 9.26 Å². The lowest BCUT2D eigenvalue weighted by Crippen LogP contribution is -2.29. The van der Waals surface area contributed by atoms with Gasteiger partial charge in [0.1, 0.15) is 22.9 Å². The topological polar surface area (TPSA) is 81.4 Å². The van der Waals surface area contributed by atoms with Crippen molar-refractivity contribution in [2.75, 3.05) is 13.2 Å². The van der Waals surface area contributed by atoms with Crippen molar-refractivity contribution in [3.05, 3.63) is 40.3 Å². The number of hydrogen-bond donors (Lipinski definition) is 1. The van der Waals surface area contributed by atoms with Crippen LogP contribution in [0.2, 0.25) is 0 Å². The molecule has 6 nitrogen and oxygen atoms in total. The van der Waals surface area contributed by atoms with Crippen LogP contribution in [0.3, 0.4) is 0 Å². The van der Waals surface area contributed by atoms with Crippen molar-refractivity contribution in [1.29, 1.82) is 0 Å². The average molecular weight is 338 g/mol. The molecule has 1 aromatic heterocycles. The Morgan fingerprint density at radius 2 is 1.74 bits per heavy atom. The number of nitrogens with zero attached hydrogens (tertiary/aromatic N) is 1. The molecule has 0 aliphatic heterocycles. The van der Waals surface area contributed by atoms with Crippen molar-refractivity contribution in [2.24, 2.45) is 0 Å². The Bertz CT molecular complexity index is 790. The molecule has 1 heterocycles. The first-order valence-electron chi connectivity index (χ1n) is 7.35. The van der Waals surface area contributed by atoms with Gasteiger partial charge in [0.25, 0.3) is 0 Å². The molecular weight excluding hydrogens is 316 g/mol. The number of sulfonamides is 1. The maximum absolute atomic E-state index is 12.2. The van der Waals surface area contributed by atoms with Crippen molar-refractivity contribution >= 4 is 10.0 Å². The van der Waals surface area contributed by atoms with Crippen molar-refractivity contribution in [3.63, 3.8) is 0 Å². The highest BCUT2D eigenvalue weighted by Gasteiger charge is 2.23. The SMILES string of the molecule is Cc1cc(C)c(OCCNS(=O)(=O)c2c(C)noc2C)cc1C. The second kappa shape index (κ2) is 6.72. The molecule has 0 saturated heterocycles. The van der Waals surface area contributed by atoms with Gasteiger partial charge in [0.05, 0.1) is 0 Å². The van der Waals surface area contributed by atoms with Crippen LogP contribution in [0.1, 0.15) is 28.1 Å². The predicted molar refractivity (Wildman–Crippen MR) is 87.3 cm³/mol. The molecule has 0 aliphatic carbocycles. The second-order valence-corrected chi connectivity index (χ2v) is 7.31. The van der Waals surface area contributed by atoms with Gasteiger partial charge >= 0.3 is 0 Å². The predicted octanol–water partition coefficient (Wildman–Crippen LogP) is 2.57. The van der Waals surface area contributed by atoms with Crippen LogP contribution in [0.4, 0.5) is 0 Å². The molecule has 1 aromatic carbocycles. The Labute approximate surface area is 136 Å². The van der Waals surface area contributed by atoms with Crippen molar-refractivity contribution < 1.29 is 17.7 Å². The van der Waals surface area contributed by atoms with Gasteiger partial charge in [-0.15, -0.1) is 0 Å². The highest BCUT2D eigenvalue weighted by atomic mass is 32.2. The third-order valence-corrected chi connectivity index (χ3v) is 5.38. The third kappa shape index (κ3) is 3.92. The summed E-state index contributed by atoms with van der Waals surface area (Å²) < 4.78 is 37.6. The number of hydrogen-bond acceptors (Lipinski definition) is 5. The van der Waals surface area contributed by atoms with Crippen LogP contribution in [0.25, 0.3) is 0 Å². The molecule has 0 saturated carbocycles. The monoisotopic (exact) mass is 338 g/mol. The Kier molecular flexibility index (Phi) is 5.11. The van der Waals surface area contributed by atoms with Crippen LogP contribution >= 0.6 is 0 Å². The molecule has 0 bridgehead atoms. The number of ether oxygens (including phenoxy) is 1. The van der Waals surface area contributed by atoms with E-state index in [0.717, 1.165) is 16.9 Å². The maximum Gasteiger partial charge on any atom is 0.246 e. The smallest absolute Gasteiger partial charge is 0.246 e. The minimum atomic E-state index is -3.64. The summed E-state index contributed by atoms with van der Waals surface area (Å²) >= 11 is 0. The van der Waals surface area contributed by atoms with Gasteiger partial charge < -0.3 is 9.26 Å². The van der Waals surface area contributed by atoms with Gasteiger partial charge in [0.15, 0.2) is 5.76 Å². The molecule has 1 N–H and O–H groups in total. The fourth-order valence-electron chi connectivity index (χ4n) is 2.36.